The van der Waals surface area contributed by atoms with E-state index in [1.54, 1.807) is 23.9 Å². The maximum absolute atomic E-state index is 4.44. The fraction of sp³-hybridized carbons (Fsp3) is 0.235. The zero-order valence-corrected chi connectivity index (χ0v) is 14.8. The lowest BCUT2D eigenvalue weighted by molar-refractivity contribution is 0.700. The number of hydrogen-bond donors (Lipinski definition) is 1. The van der Waals surface area contributed by atoms with E-state index in [0.29, 0.717) is 0 Å². The summed E-state index contributed by atoms with van der Waals surface area (Å²) in [5.74, 6) is 0.803. The summed E-state index contributed by atoms with van der Waals surface area (Å²) in [5.41, 5.74) is 5.54. The number of nitrogens with one attached hydrogen (secondary N) is 1. The normalized spacial score (nSPS) is 14.3. The molecule has 6 heteroatoms. The van der Waals surface area contributed by atoms with Gasteiger partial charge in [-0.15, -0.1) is 11.3 Å². The summed E-state index contributed by atoms with van der Waals surface area (Å²) < 4.78 is 1.02. The number of nitrogens with zero attached hydrogens (tertiary/aromatic N) is 3. The molecular weight excluding hydrogens is 372 g/mol. The lowest BCUT2D eigenvalue weighted by Gasteiger charge is -2.11. The maximum Gasteiger partial charge on any atom is 0.158 e. The molecule has 4 rings (SSSR count). The number of rotatable bonds is 3. The van der Waals surface area contributed by atoms with Gasteiger partial charge in [0, 0.05) is 14.9 Å². The average molecular weight is 387 g/mol. The molecule has 2 aromatic heterocycles. The van der Waals surface area contributed by atoms with E-state index < -0.39 is 0 Å². The van der Waals surface area contributed by atoms with Crippen molar-refractivity contribution in [3.8, 4) is 0 Å². The largest absolute Gasteiger partial charge is 0.261 e. The van der Waals surface area contributed by atoms with Gasteiger partial charge in [-0.2, -0.15) is 5.10 Å². The highest BCUT2D eigenvalue weighted by atomic mass is 79.9. The number of fused-ring (bicyclic) bond motifs is 3. The van der Waals surface area contributed by atoms with Gasteiger partial charge >= 0.3 is 0 Å². The molecule has 0 aliphatic heterocycles. The predicted molar refractivity (Wildman–Crippen MR) is 99.4 cm³/mol. The van der Waals surface area contributed by atoms with Crippen LogP contribution < -0.4 is 5.43 Å². The molecular formula is C17H15BrN4S. The first kappa shape index (κ1) is 14.8. The van der Waals surface area contributed by atoms with Crippen LogP contribution >= 0.6 is 27.3 Å². The van der Waals surface area contributed by atoms with Crippen LogP contribution in [0.25, 0.3) is 10.2 Å². The lowest BCUT2D eigenvalue weighted by Crippen LogP contribution is -2.01. The topological polar surface area (TPSA) is 50.2 Å². The minimum Gasteiger partial charge on any atom is -0.261 e. The second-order valence-corrected chi connectivity index (χ2v) is 7.44. The molecule has 4 nitrogen and oxygen atoms in total. The molecule has 0 unspecified atom stereocenters. The molecule has 1 aromatic carbocycles. The number of hydrazone groups is 1. The zero-order chi connectivity index (χ0) is 15.6. The highest BCUT2D eigenvalue weighted by Gasteiger charge is 2.19. The van der Waals surface area contributed by atoms with E-state index in [9.17, 15) is 0 Å². The van der Waals surface area contributed by atoms with Gasteiger partial charge in [0.25, 0.3) is 0 Å². The minimum atomic E-state index is 0.803. The Morgan fingerprint density at radius 1 is 1.17 bits per heavy atom. The van der Waals surface area contributed by atoms with Gasteiger partial charge < -0.3 is 0 Å². The fourth-order valence-electron chi connectivity index (χ4n) is 2.92. The monoisotopic (exact) mass is 386 g/mol. The molecule has 1 N–H and O–H groups in total. The number of aryl methyl sites for hydroxylation is 2. The smallest absolute Gasteiger partial charge is 0.158 e. The molecule has 116 valence electrons. The number of aromatic nitrogens is 2. The summed E-state index contributed by atoms with van der Waals surface area (Å²) in [4.78, 5) is 11.4. The van der Waals surface area contributed by atoms with Crippen molar-refractivity contribution < 1.29 is 0 Å². The molecule has 0 atom stereocenters. The summed E-state index contributed by atoms with van der Waals surface area (Å²) in [6, 6.07) is 7.99. The van der Waals surface area contributed by atoms with Crippen LogP contribution in [0.15, 0.2) is 40.2 Å². The van der Waals surface area contributed by atoms with E-state index in [2.05, 4.69) is 36.4 Å². The van der Waals surface area contributed by atoms with Crippen LogP contribution in [0.4, 0.5) is 5.82 Å². The van der Waals surface area contributed by atoms with Crippen molar-refractivity contribution >= 4 is 49.5 Å². The van der Waals surface area contributed by atoms with E-state index in [1.807, 2.05) is 24.3 Å². The summed E-state index contributed by atoms with van der Waals surface area (Å²) in [7, 11) is 0. The molecule has 0 saturated heterocycles. The van der Waals surface area contributed by atoms with E-state index in [0.717, 1.165) is 38.9 Å². The van der Waals surface area contributed by atoms with Crippen LogP contribution in [0.2, 0.25) is 0 Å². The van der Waals surface area contributed by atoms with Crippen molar-refractivity contribution in [2.45, 2.75) is 25.7 Å². The van der Waals surface area contributed by atoms with Gasteiger partial charge in [0.1, 0.15) is 11.2 Å². The first-order valence-corrected chi connectivity index (χ1v) is 9.23. The van der Waals surface area contributed by atoms with Gasteiger partial charge in [-0.3, -0.25) is 5.43 Å². The second kappa shape index (κ2) is 6.37. The fourth-order valence-corrected chi connectivity index (χ4v) is 4.53. The first-order valence-electron chi connectivity index (χ1n) is 7.62. The molecule has 0 bridgehead atoms. The van der Waals surface area contributed by atoms with Gasteiger partial charge in [0.2, 0.25) is 0 Å². The van der Waals surface area contributed by atoms with Gasteiger partial charge in [-0.1, -0.05) is 34.1 Å². The third kappa shape index (κ3) is 2.88. The summed E-state index contributed by atoms with van der Waals surface area (Å²) in [6.07, 6.45) is 8.21. The van der Waals surface area contributed by atoms with E-state index in [1.165, 1.54) is 23.3 Å². The molecule has 23 heavy (non-hydrogen) atoms. The number of anilines is 1. The third-order valence-electron chi connectivity index (χ3n) is 4.03. The Labute approximate surface area is 146 Å². The molecule has 0 amide bonds. The summed E-state index contributed by atoms with van der Waals surface area (Å²) in [6.45, 7) is 0. The van der Waals surface area contributed by atoms with Crippen molar-refractivity contribution in [1.82, 2.24) is 9.97 Å². The zero-order valence-electron chi connectivity index (χ0n) is 12.4. The molecule has 0 fully saturated rings. The Morgan fingerprint density at radius 2 is 2.04 bits per heavy atom. The molecule has 3 aromatic rings. The Bertz CT molecular complexity index is 887. The average Bonchev–Trinajstić information content (AvgIpc) is 2.96. The van der Waals surface area contributed by atoms with Gasteiger partial charge in [-0.05, 0) is 37.3 Å². The van der Waals surface area contributed by atoms with Crippen molar-refractivity contribution in [1.29, 1.82) is 0 Å². The number of thiophene rings is 1. The second-order valence-electron chi connectivity index (χ2n) is 5.50. The highest BCUT2D eigenvalue weighted by molar-refractivity contribution is 9.10. The van der Waals surface area contributed by atoms with Gasteiger partial charge in [0.05, 0.1) is 11.6 Å². The van der Waals surface area contributed by atoms with Crippen molar-refractivity contribution in [2.24, 2.45) is 5.10 Å². The van der Waals surface area contributed by atoms with Crippen LogP contribution in [0.3, 0.4) is 0 Å². The minimum absolute atomic E-state index is 0.803. The summed E-state index contributed by atoms with van der Waals surface area (Å²) in [5, 5.41) is 5.51. The van der Waals surface area contributed by atoms with Crippen molar-refractivity contribution in [3.63, 3.8) is 0 Å². The number of benzene rings is 1. The maximum atomic E-state index is 4.44. The van der Waals surface area contributed by atoms with E-state index in [4.69, 9.17) is 0 Å². The van der Waals surface area contributed by atoms with Crippen LogP contribution in [0, 0.1) is 0 Å². The quantitative estimate of drug-likeness (QED) is 0.520. The molecule has 1 aliphatic carbocycles. The molecule has 2 heterocycles. The predicted octanol–water partition coefficient (Wildman–Crippen LogP) is 4.78. The first-order chi connectivity index (χ1) is 11.3. The van der Waals surface area contributed by atoms with Crippen LogP contribution in [0.1, 0.15) is 28.8 Å². The Morgan fingerprint density at radius 3 is 2.96 bits per heavy atom. The SMILES string of the molecule is Brc1ccccc1/C=N\Nc1ncnc2sc3c(c12)CCCC3. The van der Waals surface area contributed by atoms with Gasteiger partial charge in [0.15, 0.2) is 5.82 Å². The third-order valence-corrected chi connectivity index (χ3v) is 5.95. The molecule has 0 radical (unpaired) electrons. The van der Waals surface area contributed by atoms with Crippen molar-refractivity contribution in [3.05, 3.63) is 51.1 Å². The lowest BCUT2D eigenvalue weighted by atomic mass is 9.97. The van der Waals surface area contributed by atoms with Crippen molar-refractivity contribution in [2.75, 3.05) is 5.43 Å². The van der Waals surface area contributed by atoms with E-state index in [-0.39, 0.29) is 0 Å². The Hall–Kier alpha value is -1.79. The Kier molecular flexibility index (Phi) is 4.10. The standard InChI is InChI=1S/C17H15BrN4S/c18-13-7-3-1-5-11(13)9-21-22-16-15-12-6-2-4-8-14(12)23-17(15)20-10-19-16/h1,3,5,7,9-10H,2,4,6,8H2,(H,19,20,22)/b21-9-. The molecule has 1 aliphatic rings. The molecule has 0 spiro atoms. The number of halogens is 1. The number of hydrogen-bond acceptors (Lipinski definition) is 5. The van der Waals surface area contributed by atoms with Crippen LogP contribution in [0.5, 0.6) is 0 Å². The molecule has 0 saturated carbocycles. The van der Waals surface area contributed by atoms with Gasteiger partial charge in [-0.25, -0.2) is 9.97 Å². The van der Waals surface area contributed by atoms with E-state index >= 15 is 0 Å². The highest BCUT2D eigenvalue weighted by Crippen LogP contribution is 2.38. The van der Waals surface area contributed by atoms with Crippen LogP contribution in [-0.4, -0.2) is 16.2 Å². The Balaban J connectivity index is 1.67. The van der Waals surface area contributed by atoms with Crippen LogP contribution in [-0.2, 0) is 12.8 Å². The summed E-state index contributed by atoms with van der Waals surface area (Å²) >= 11 is 5.32.